The number of hydrogen-bond acceptors (Lipinski definition) is 1. The minimum absolute atomic E-state index is 0.256. The largest absolute Gasteiger partial charge is 0.481 e. The van der Waals surface area contributed by atoms with Crippen LogP contribution in [-0.4, -0.2) is 11.1 Å². The third kappa shape index (κ3) is 5.62. The van der Waals surface area contributed by atoms with Crippen molar-refractivity contribution in [2.24, 2.45) is 23.7 Å². The number of halogens is 2. The topological polar surface area (TPSA) is 37.3 Å². The van der Waals surface area contributed by atoms with Crippen molar-refractivity contribution in [1.29, 1.82) is 0 Å². The van der Waals surface area contributed by atoms with Crippen LogP contribution < -0.4 is 0 Å². The first-order chi connectivity index (χ1) is 13.0. The molecule has 2 bridgehead atoms. The van der Waals surface area contributed by atoms with Gasteiger partial charge < -0.3 is 5.11 Å². The highest BCUT2D eigenvalue weighted by atomic mass is 35.5. The quantitative estimate of drug-likeness (QED) is 0.355. The Morgan fingerprint density at radius 3 is 2.63 bits per heavy atom. The summed E-state index contributed by atoms with van der Waals surface area (Å²) < 4.78 is 0. The number of rotatable bonds is 9. The first-order valence-electron chi connectivity index (χ1n) is 10.1. The first-order valence-corrected chi connectivity index (χ1v) is 10.8. The van der Waals surface area contributed by atoms with Crippen LogP contribution in [-0.2, 0) is 11.2 Å². The Labute approximate surface area is 172 Å². The summed E-state index contributed by atoms with van der Waals surface area (Å²) in [7, 11) is 0. The standard InChI is InChI=1S/C23H28Cl2O2/c24-19-14-13-18(22(25)15-19)5-4-7-21-17-11-9-16(10-12-17)20(21)6-2-1-3-8-23(26)27/h2,6,9,11,13-17,20-21H,1,3-5,7-8,10,12H2,(H,26,27)/b6-2-/t16-,17+,20-,21-/m0/s1. The molecule has 27 heavy (non-hydrogen) atoms. The number of hydrogen-bond donors (Lipinski definition) is 1. The van der Waals surface area contributed by atoms with Crippen LogP contribution in [0.1, 0.15) is 50.5 Å². The summed E-state index contributed by atoms with van der Waals surface area (Å²) >= 11 is 12.3. The molecule has 1 aromatic rings. The molecule has 0 heterocycles. The number of carboxylic acid groups (broad SMARTS) is 1. The van der Waals surface area contributed by atoms with Gasteiger partial charge in [0.1, 0.15) is 0 Å². The number of unbranched alkanes of at least 4 members (excludes halogenated alkanes) is 1. The third-order valence-electron chi connectivity index (χ3n) is 6.10. The normalized spacial score (nSPS) is 26.7. The summed E-state index contributed by atoms with van der Waals surface area (Å²) in [5, 5.41) is 10.2. The summed E-state index contributed by atoms with van der Waals surface area (Å²) in [6, 6.07) is 5.78. The Morgan fingerprint density at radius 2 is 1.93 bits per heavy atom. The van der Waals surface area contributed by atoms with E-state index in [0.29, 0.717) is 28.7 Å². The van der Waals surface area contributed by atoms with E-state index in [9.17, 15) is 4.79 Å². The van der Waals surface area contributed by atoms with Gasteiger partial charge in [-0.3, -0.25) is 4.79 Å². The van der Waals surface area contributed by atoms with Gasteiger partial charge in [-0.25, -0.2) is 0 Å². The second-order valence-corrected chi connectivity index (χ2v) is 8.72. The predicted molar refractivity (Wildman–Crippen MR) is 112 cm³/mol. The fraction of sp³-hybridized carbons (Fsp3) is 0.522. The molecule has 0 aliphatic heterocycles. The lowest BCUT2D eigenvalue weighted by atomic mass is 9.61. The minimum atomic E-state index is -0.707. The molecule has 1 N–H and O–H groups in total. The molecule has 4 atom stereocenters. The molecule has 0 radical (unpaired) electrons. The Hall–Kier alpha value is -1.25. The van der Waals surface area contributed by atoms with Gasteiger partial charge in [-0.15, -0.1) is 0 Å². The van der Waals surface area contributed by atoms with E-state index in [4.69, 9.17) is 28.3 Å². The Balaban J connectivity index is 1.55. The number of aryl methyl sites for hydroxylation is 1. The van der Waals surface area contributed by atoms with Gasteiger partial charge in [-0.05, 0) is 86.3 Å². The highest BCUT2D eigenvalue weighted by Crippen LogP contribution is 2.47. The van der Waals surface area contributed by atoms with E-state index in [1.165, 1.54) is 24.8 Å². The van der Waals surface area contributed by atoms with Gasteiger partial charge >= 0.3 is 5.97 Å². The lowest BCUT2D eigenvalue weighted by molar-refractivity contribution is -0.137. The zero-order valence-electron chi connectivity index (χ0n) is 15.6. The number of fused-ring (bicyclic) bond motifs is 2. The van der Waals surface area contributed by atoms with Crippen molar-refractivity contribution in [1.82, 2.24) is 0 Å². The second-order valence-electron chi connectivity index (χ2n) is 7.87. The molecule has 146 valence electrons. The third-order valence-corrected chi connectivity index (χ3v) is 6.68. The van der Waals surface area contributed by atoms with Crippen LogP contribution in [0.2, 0.25) is 10.0 Å². The lowest BCUT2D eigenvalue weighted by Gasteiger charge is -2.44. The minimum Gasteiger partial charge on any atom is -0.481 e. The maximum atomic E-state index is 10.6. The van der Waals surface area contributed by atoms with Crippen molar-refractivity contribution >= 4 is 29.2 Å². The van der Waals surface area contributed by atoms with Gasteiger partial charge in [0.25, 0.3) is 0 Å². The van der Waals surface area contributed by atoms with Crippen LogP contribution in [0.15, 0.2) is 42.5 Å². The number of carbonyl (C=O) groups is 1. The van der Waals surface area contributed by atoms with Gasteiger partial charge in [-0.1, -0.05) is 53.6 Å². The van der Waals surface area contributed by atoms with Crippen molar-refractivity contribution in [2.45, 2.75) is 51.4 Å². The van der Waals surface area contributed by atoms with Crippen molar-refractivity contribution in [2.75, 3.05) is 0 Å². The summed E-state index contributed by atoms with van der Waals surface area (Å²) in [5.74, 6) is 1.91. The smallest absolute Gasteiger partial charge is 0.303 e. The number of carboxylic acids is 1. The molecule has 0 aromatic heterocycles. The first kappa shape index (κ1) is 20.5. The average molecular weight is 407 g/mol. The predicted octanol–water partition coefficient (Wildman–Crippen LogP) is 6.96. The zero-order chi connectivity index (χ0) is 19.2. The maximum Gasteiger partial charge on any atom is 0.303 e. The maximum absolute atomic E-state index is 10.6. The molecule has 0 saturated heterocycles. The Bertz CT molecular complexity index is 710. The van der Waals surface area contributed by atoms with Gasteiger partial charge in [-0.2, -0.15) is 0 Å². The molecule has 4 heteroatoms. The molecule has 1 aromatic carbocycles. The monoisotopic (exact) mass is 406 g/mol. The van der Waals surface area contributed by atoms with Gasteiger partial charge in [0.05, 0.1) is 0 Å². The number of aliphatic carboxylic acids is 1. The van der Waals surface area contributed by atoms with Gasteiger partial charge in [0, 0.05) is 16.5 Å². The molecule has 3 aliphatic rings. The van der Waals surface area contributed by atoms with Crippen LogP contribution in [0, 0.1) is 23.7 Å². The van der Waals surface area contributed by atoms with E-state index in [1.54, 1.807) is 0 Å². The average Bonchev–Trinajstić information content (AvgIpc) is 2.64. The highest BCUT2D eigenvalue weighted by Gasteiger charge is 2.38. The molecule has 4 rings (SSSR count). The molecule has 0 amide bonds. The van der Waals surface area contributed by atoms with E-state index in [2.05, 4.69) is 24.3 Å². The molecule has 2 nitrogen and oxygen atoms in total. The Morgan fingerprint density at radius 1 is 1.15 bits per heavy atom. The molecule has 1 saturated carbocycles. The van der Waals surface area contributed by atoms with E-state index >= 15 is 0 Å². The summed E-state index contributed by atoms with van der Waals surface area (Å²) in [5.41, 5.74) is 1.18. The SMILES string of the molecule is O=C(O)CCC/C=C\[C@@H]1[C@@H](CCCc2ccc(Cl)cc2Cl)[C@@H]2C=C[C@H]1CC2. The van der Waals surface area contributed by atoms with Crippen LogP contribution in [0.4, 0.5) is 0 Å². The van der Waals surface area contributed by atoms with Crippen molar-refractivity contribution in [3.8, 4) is 0 Å². The number of benzene rings is 1. The summed E-state index contributed by atoms with van der Waals surface area (Å²) in [4.78, 5) is 10.6. The fourth-order valence-corrected chi connectivity index (χ4v) is 5.22. The van der Waals surface area contributed by atoms with Crippen molar-refractivity contribution in [3.63, 3.8) is 0 Å². The number of allylic oxidation sites excluding steroid dienone is 4. The molecular weight excluding hydrogens is 379 g/mol. The Kier molecular flexibility index (Phi) is 7.43. The molecular formula is C23H28Cl2O2. The summed E-state index contributed by atoms with van der Waals surface area (Å²) in [6.45, 7) is 0. The molecule has 0 spiro atoms. The van der Waals surface area contributed by atoms with E-state index in [-0.39, 0.29) is 6.42 Å². The second kappa shape index (κ2) is 9.80. The van der Waals surface area contributed by atoms with E-state index in [1.807, 2.05) is 18.2 Å². The van der Waals surface area contributed by atoms with Crippen LogP contribution in [0.25, 0.3) is 0 Å². The van der Waals surface area contributed by atoms with Crippen LogP contribution in [0.5, 0.6) is 0 Å². The summed E-state index contributed by atoms with van der Waals surface area (Å²) in [6.07, 6.45) is 17.2. The molecule has 3 aliphatic carbocycles. The van der Waals surface area contributed by atoms with Crippen LogP contribution >= 0.6 is 23.2 Å². The zero-order valence-corrected chi connectivity index (χ0v) is 17.1. The van der Waals surface area contributed by atoms with Crippen molar-refractivity contribution in [3.05, 3.63) is 58.1 Å². The lowest BCUT2D eigenvalue weighted by Crippen LogP contribution is -2.35. The molecule has 0 unspecified atom stereocenters. The van der Waals surface area contributed by atoms with Gasteiger partial charge in [0.15, 0.2) is 0 Å². The van der Waals surface area contributed by atoms with Crippen LogP contribution in [0.3, 0.4) is 0 Å². The highest BCUT2D eigenvalue weighted by molar-refractivity contribution is 6.35. The van der Waals surface area contributed by atoms with Gasteiger partial charge in [0.2, 0.25) is 0 Å². The molecule has 1 fully saturated rings. The van der Waals surface area contributed by atoms with E-state index < -0.39 is 5.97 Å². The fourth-order valence-electron chi connectivity index (χ4n) is 4.71. The van der Waals surface area contributed by atoms with Crippen molar-refractivity contribution < 1.29 is 9.90 Å². The van der Waals surface area contributed by atoms with E-state index in [0.717, 1.165) is 30.7 Å².